The van der Waals surface area contributed by atoms with Crippen LogP contribution >= 0.6 is 11.8 Å². The maximum atomic E-state index is 13.1. The number of carbonyl (C=O) groups excluding carboxylic acids is 1. The number of hydrogen-bond acceptors (Lipinski definition) is 4. The number of benzene rings is 3. The molecule has 0 saturated heterocycles. The summed E-state index contributed by atoms with van der Waals surface area (Å²) in [6.07, 6.45) is 0.172. The molecular formula is C20H14N2O3S. The van der Waals surface area contributed by atoms with Crippen LogP contribution in [0.4, 0.5) is 17.1 Å². The van der Waals surface area contributed by atoms with Crippen LogP contribution in [0.3, 0.4) is 0 Å². The van der Waals surface area contributed by atoms with Crippen LogP contribution in [0.2, 0.25) is 0 Å². The van der Waals surface area contributed by atoms with Gasteiger partial charge in [-0.1, -0.05) is 48.2 Å². The van der Waals surface area contributed by atoms with Gasteiger partial charge in [0.15, 0.2) is 0 Å². The Kier molecular flexibility index (Phi) is 4.18. The maximum absolute atomic E-state index is 13.1. The molecule has 128 valence electrons. The zero-order valence-electron chi connectivity index (χ0n) is 13.7. The van der Waals surface area contributed by atoms with E-state index in [-0.39, 0.29) is 18.0 Å². The summed E-state index contributed by atoms with van der Waals surface area (Å²) >= 11 is 1.65. The first-order valence-electron chi connectivity index (χ1n) is 8.06. The average Bonchev–Trinajstić information content (AvgIpc) is 2.66. The fourth-order valence-electron chi connectivity index (χ4n) is 2.96. The van der Waals surface area contributed by atoms with E-state index in [9.17, 15) is 14.9 Å². The van der Waals surface area contributed by atoms with Gasteiger partial charge in [0.1, 0.15) is 0 Å². The van der Waals surface area contributed by atoms with Crippen LogP contribution in [-0.4, -0.2) is 10.8 Å². The number of rotatable bonds is 3. The second-order valence-electron chi connectivity index (χ2n) is 5.87. The number of hydrogen-bond donors (Lipinski definition) is 0. The summed E-state index contributed by atoms with van der Waals surface area (Å²) in [5.41, 5.74) is 2.49. The monoisotopic (exact) mass is 362 g/mol. The number of non-ortho nitro benzene ring substituents is 1. The first-order chi connectivity index (χ1) is 12.6. The molecule has 3 aromatic rings. The largest absolute Gasteiger partial charge is 0.278 e. The highest BCUT2D eigenvalue weighted by Crippen LogP contribution is 2.48. The molecule has 0 radical (unpaired) electrons. The number of amides is 1. The summed E-state index contributed by atoms with van der Waals surface area (Å²) in [7, 11) is 0. The van der Waals surface area contributed by atoms with E-state index in [0.717, 1.165) is 26.7 Å². The lowest BCUT2D eigenvalue weighted by atomic mass is 10.1. The van der Waals surface area contributed by atoms with Gasteiger partial charge in [-0.05, 0) is 29.8 Å². The van der Waals surface area contributed by atoms with Gasteiger partial charge in [0, 0.05) is 21.9 Å². The van der Waals surface area contributed by atoms with Gasteiger partial charge in [-0.3, -0.25) is 19.8 Å². The summed E-state index contributed by atoms with van der Waals surface area (Å²) in [4.78, 5) is 27.2. The number of nitro benzene ring substituents is 1. The average molecular weight is 362 g/mol. The molecule has 0 aliphatic carbocycles. The van der Waals surface area contributed by atoms with Crippen LogP contribution in [-0.2, 0) is 11.2 Å². The normalized spacial score (nSPS) is 12.2. The summed E-state index contributed by atoms with van der Waals surface area (Å²) < 4.78 is 0. The molecule has 0 saturated carbocycles. The molecule has 0 aromatic heterocycles. The van der Waals surface area contributed by atoms with Gasteiger partial charge in [-0.25, -0.2) is 0 Å². The van der Waals surface area contributed by atoms with E-state index < -0.39 is 4.92 Å². The van der Waals surface area contributed by atoms with Gasteiger partial charge in [-0.2, -0.15) is 0 Å². The highest BCUT2D eigenvalue weighted by Gasteiger charge is 2.27. The van der Waals surface area contributed by atoms with E-state index in [1.165, 1.54) is 12.1 Å². The van der Waals surface area contributed by atoms with Gasteiger partial charge in [0.2, 0.25) is 5.91 Å². The number of anilines is 2. The molecule has 1 aliphatic heterocycles. The molecule has 1 heterocycles. The Morgan fingerprint density at radius 3 is 1.96 bits per heavy atom. The molecular weight excluding hydrogens is 348 g/mol. The summed E-state index contributed by atoms with van der Waals surface area (Å²) in [6.45, 7) is 0. The fraction of sp³-hybridized carbons (Fsp3) is 0.0500. The van der Waals surface area contributed by atoms with Crippen LogP contribution in [0, 0.1) is 10.1 Å². The van der Waals surface area contributed by atoms with Crippen LogP contribution in [0.5, 0.6) is 0 Å². The van der Waals surface area contributed by atoms with Crippen LogP contribution < -0.4 is 4.90 Å². The Morgan fingerprint density at radius 1 is 0.885 bits per heavy atom. The van der Waals surface area contributed by atoms with Crippen molar-refractivity contribution in [2.24, 2.45) is 0 Å². The molecule has 6 heteroatoms. The minimum atomic E-state index is -0.444. The molecule has 5 nitrogen and oxygen atoms in total. The molecule has 0 unspecified atom stereocenters. The van der Waals surface area contributed by atoms with E-state index >= 15 is 0 Å². The van der Waals surface area contributed by atoms with Crippen molar-refractivity contribution in [2.45, 2.75) is 16.2 Å². The summed E-state index contributed by atoms with van der Waals surface area (Å²) in [6, 6.07) is 21.7. The van der Waals surface area contributed by atoms with Gasteiger partial charge in [-0.15, -0.1) is 0 Å². The number of para-hydroxylation sites is 2. The van der Waals surface area contributed by atoms with Crippen LogP contribution in [0.1, 0.15) is 5.56 Å². The number of nitrogens with zero attached hydrogens (tertiary/aromatic N) is 2. The molecule has 0 bridgehead atoms. The molecule has 0 fully saturated rings. The zero-order valence-corrected chi connectivity index (χ0v) is 14.5. The van der Waals surface area contributed by atoms with Crippen molar-refractivity contribution >= 4 is 34.7 Å². The Morgan fingerprint density at radius 2 is 1.42 bits per heavy atom. The van der Waals surface area contributed by atoms with Crippen molar-refractivity contribution < 1.29 is 9.72 Å². The van der Waals surface area contributed by atoms with Crippen molar-refractivity contribution in [3.8, 4) is 0 Å². The summed E-state index contributed by atoms with van der Waals surface area (Å²) in [5, 5.41) is 10.8. The van der Waals surface area contributed by atoms with Crippen molar-refractivity contribution in [3.63, 3.8) is 0 Å². The molecule has 26 heavy (non-hydrogen) atoms. The fourth-order valence-corrected chi connectivity index (χ4v) is 4.02. The second kappa shape index (κ2) is 6.65. The molecule has 1 amide bonds. The minimum Gasteiger partial charge on any atom is -0.278 e. The van der Waals surface area contributed by atoms with E-state index in [1.54, 1.807) is 28.8 Å². The molecule has 0 spiro atoms. The quantitative estimate of drug-likeness (QED) is 0.488. The SMILES string of the molecule is O=C(Cc1ccc([N+](=O)[O-])cc1)N1c2ccccc2Sc2ccccc21. The lowest BCUT2D eigenvalue weighted by Crippen LogP contribution is -2.29. The molecule has 0 atom stereocenters. The predicted molar refractivity (Wildman–Crippen MR) is 101 cm³/mol. The smallest absolute Gasteiger partial charge is 0.269 e. The van der Waals surface area contributed by atoms with E-state index in [0.29, 0.717) is 0 Å². The van der Waals surface area contributed by atoms with Gasteiger partial charge < -0.3 is 0 Å². The third-order valence-electron chi connectivity index (χ3n) is 4.18. The predicted octanol–water partition coefficient (Wildman–Crippen LogP) is 4.97. The molecule has 3 aromatic carbocycles. The number of nitro groups is 1. The van der Waals surface area contributed by atoms with E-state index in [4.69, 9.17) is 0 Å². The maximum Gasteiger partial charge on any atom is 0.269 e. The molecule has 1 aliphatic rings. The number of carbonyl (C=O) groups is 1. The van der Waals surface area contributed by atoms with E-state index in [1.807, 2.05) is 48.5 Å². The van der Waals surface area contributed by atoms with Gasteiger partial charge in [0.25, 0.3) is 5.69 Å². The standard InChI is InChI=1S/C20H14N2O3S/c23-20(13-14-9-11-15(12-10-14)22(24)25)21-16-5-1-3-7-18(16)26-19-8-4-2-6-17(19)21/h1-12H,13H2. The van der Waals surface area contributed by atoms with E-state index in [2.05, 4.69) is 0 Å². The van der Waals surface area contributed by atoms with Gasteiger partial charge in [0.05, 0.1) is 22.7 Å². The van der Waals surface area contributed by atoms with Crippen LogP contribution in [0.15, 0.2) is 82.6 Å². The Balaban J connectivity index is 1.68. The van der Waals surface area contributed by atoms with Crippen LogP contribution in [0.25, 0.3) is 0 Å². The Hall–Kier alpha value is -3.12. The lowest BCUT2D eigenvalue weighted by Gasteiger charge is -2.31. The topological polar surface area (TPSA) is 63.4 Å². The lowest BCUT2D eigenvalue weighted by molar-refractivity contribution is -0.384. The van der Waals surface area contributed by atoms with Crippen molar-refractivity contribution in [1.29, 1.82) is 0 Å². The second-order valence-corrected chi connectivity index (χ2v) is 6.95. The Bertz CT molecular complexity index is 956. The molecule has 0 N–H and O–H groups in total. The third-order valence-corrected chi connectivity index (χ3v) is 5.31. The molecule has 4 rings (SSSR count). The number of fused-ring (bicyclic) bond motifs is 2. The summed E-state index contributed by atoms with van der Waals surface area (Å²) in [5.74, 6) is -0.0703. The Labute approximate surface area is 154 Å². The van der Waals surface area contributed by atoms with Crippen molar-refractivity contribution in [2.75, 3.05) is 4.90 Å². The zero-order chi connectivity index (χ0) is 18.1. The third kappa shape index (κ3) is 2.95. The first kappa shape index (κ1) is 16.4. The first-order valence-corrected chi connectivity index (χ1v) is 8.87. The highest BCUT2D eigenvalue weighted by atomic mass is 32.2. The van der Waals surface area contributed by atoms with Crippen molar-refractivity contribution in [1.82, 2.24) is 0 Å². The van der Waals surface area contributed by atoms with Crippen molar-refractivity contribution in [3.05, 3.63) is 88.5 Å². The van der Waals surface area contributed by atoms with Gasteiger partial charge >= 0.3 is 0 Å². The highest BCUT2D eigenvalue weighted by molar-refractivity contribution is 7.99. The minimum absolute atomic E-state index is 0.0197.